The number of rotatable bonds is 11. The molecule has 2 aromatic carbocycles. The van der Waals surface area contributed by atoms with Crippen molar-refractivity contribution in [3.63, 3.8) is 0 Å². The van der Waals surface area contributed by atoms with Gasteiger partial charge in [0.05, 0.1) is 30.7 Å². The number of hydrogen-bond donors (Lipinski definition) is 1. The van der Waals surface area contributed by atoms with Crippen LogP contribution in [0.4, 0.5) is 0 Å². The minimum absolute atomic E-state index is 0.0330. The number of aromatic nitrogens is 2. The van der Waals surface area contributed by atoms with E-state index in [1.54, 1.807) is 12.5 Å². The van der Waals surface area contributed by atoms with Crippen molar-refractivity contribution in [2.75, 3.05) is 6.61 Å². The molecule has 1 atom stereocenters. The molecule has 0 saturated heterocycles. The van der Waals surface area contributed by atoms with E-state index in [-0.39, 0.29) is 16.8 Å². The van der Waals surface area contributed by atoms with Crippen LogP contribution < -0.4 is 10.5 Å². The van der Waals surface area contributed by atoms with Gasteiger partial charge < -0.3 is 19.5 Å². The summed E-state index contributed by atoms with van der Waals surface area (Å²) in [6.45, 7) is 12.3. The normalized spacial score (nSPS) is 12.7. The first-order valence-electron chi connectivity index (χ1n) is 12.2. The highest BCUT2D eigenvalue weighted by atomic mass is 28.4. The van der Waals surface area contributed by atoms with Crippen molar-refractivity contribution in [1.29, 1.82) is 5.26 Å². The van der Waals surface area contributed by atoms with Gasteiger partial charge in [0, 0.05) is 12.7 Å². The van der Waals surface area contributed by atoms with Crippen LogP contribution >= 0.6 is 0 Å². The minimum Gasteiger partial charge on any atom is -0.494 e. The van der Waals surface area contributed by atoms with Crippen LogP contribution in [0.5, 0.6) is 5.75 Å². The van der Waals surface area contributed by atoms with Crippen LogP contribution in [-0.2, 0) is 11.0 Å². The summed E-state index contributed by atoms with van der Waals surface area (Å²) >= 11 is 0. The Morgan fingerprint density at radius 2 is 1.89 bits per heavy atom. The lowest BCUT2D eigenvalue weighted by Crippen LogP contribution is -2.45. The Morgan fingerprint density at radius 1 is 1.17 bits per heavy atom. The lowest BCUT2D eigenvalue weighted by molar-refractivity contribution is 0.0995. The van der Waals surface area contributed by atoms with Crippen molar-refractivity contribution < 1.29 is 14.0 Å². The summed E-state index contributed by atoms with van der Waals surface area (Å²) in [4.78, 5) is 15.5. The standard InChI is InChI=1S/C28H36N4O3Si/c1-28(2,3)36(4,5)35-25(18-32-19-26(27(30)33)31-20-32)10-7-15-34-24-9-6-8-23(16-24)22-13-11-21(17-29)12-14-22/h6,8-9,11-14,16,19-20,25H,7,10,15,18H2,1-5H3,(H2,30,33)/t25-/m0/s1. The molecule has 0 radical (unpaired) electrons. The van der Waals surface area contributed by atoms with Gasteiger partial charge in [0.15, 0.2) is 8.32 Å². The van der Waals surface area contributed by atoms with Crippen molar-refractivity contribution in [3.8, 4) is 22.9 Å². The predicted molar refractivity (Wildman–Crippen MR) is 144 cm³/mol. The monoisotopic (exact) mass is 504 g/mol. The van der Waals surface area contributed by atoms with Gasteiger partial charge in [0.2, 0.25) is 0 Å². The summed E-state index contributed by atoms with van der Waals surface area (Å²) in [5.74, 6) is 0.270. The summed E-state index contributed by atoms with van der Waals surface area (Å²) in [6.07, 6.45) is 4.90. The Balaban J connectivity index is 1.62. The quantitative estimate of drug-likeness (QED) is 0.264. The average Bonchev–Trinajstić information content (AvgIpc) is 3.30. The average molecular weight is 505 g/mol. The van der Waals surface area contributed by atoms with Gasteiger partial charge in [-0.3, -0.25) is 4.79 Å². The SMILES string of the molecule is CC(C)(C)[Si](C)(C)O[C@@H](CCCOc1cccc(-c2ccc(C#N)cc2)c1)Cn1cnc(C(N)=O)c1. The number of carbonyl (C=O) groups excluding carboxylic acids is 1. The van der Waals surface area contributed by atoms with Crippen LogP contribution in [0, 0.1) is 11.3 Å². The highest BCUT2D eigenvalue weighted by Crippen LogP contribution is 2.38. The fraction of sp³-hybridized carbons (Fsp3) is 0.393. The molecule has 1 heterocycles. The van der Waals surface area contributed by atoms with E-state index in [9.17, 15) is 4.79 Å². The molecule has 0 unspecified atom stereocenters. The van der Waals surface area contributed by atoms with E-state index in [2.05, 4.69) is 44.9 Å². The lowest BCUT2D eigenvalue weighted by Gasteiger charge is -2.39. The Labute approximate surface area is 215 Å². The number of imidazole rings is 1. The molecule has 0 aliphatic heterocycles. The maximum atomic E-state index is 11.4. The van der Waals surface area contributed by atoms with Gasteiger partial charge in [-0.25, -0.2) is 4.98 Å². The van der Waals surface area contributed by atoms with Crippen molar-refractivity contribution in [2.45, 2.75) is 64.4 Å². The molecule has 3 rings (SSSR count). The van der Waals surface area contributed by atoms with E-state index in [0.717, 1.165) is 29.7 Å². The highest BCUT2D eigenvalue weighted by molar-refractivity contribution is 6.74. The number of primary amides is 1. The van der Waals surface area contributed by atoms with Gasteiger partial charge in [-0.15, -0.1) is 0 Å². The molecule has 8 heteroatoms. The number of nitrogens with two attached hydrogens (primary N) is 1. The molecule has 0 bridgehead atoms. The summed E-state index contributed by atoms with van der Waals surface area (Å²) in [5, 5.41) is 9.09. The van der Waals surface area contributed by atoms with Crippen LogP contribution in [-0.4, -0.2) is 36.5 Å². The molecule has 1 aromatic heterocycles. The molecule has 0 fully saturated rings. The molecular formula is C28H36N4O3Si. The Kier molecular flexibility index (Phi) is 8.72. The number of nitrogens with zero attached hydrogens (tertiary/aromatic N) is 3. The van der Waals surface area contributed by atoms with E-state index < -0.39 is 14.2 Å². The summed E-state index contributed by atoms with van der Waals surface area (Å²) < 4.78 is 14.7. The maximum Gasteiger partial charge on any atom is 0.268 e. The smallest absolute Gasteiger partial charge is 0.268 e. The largest absolute Gasteiger partial charge is 0.494 e. The zero-order valence-corrected chi connectivity index (χ0v) is 22.8. The second-order valence-electron chi connectivity index (χ2n) is 10.5. The van der Waals surface area contributed by atoms with Crippen molar-refractivity contribution in [2.24, 2.45) is 5.73 Å². The lowest BCUT2D eigenvalue weighted by atomic mass is 10.0. The van der Waals surface area contributed by atoms with Crippen LogP contribution in [0.2, 0.25) is 18.1 Å². The van der Waals surface area contributed by atoms with E-state index in [1.165, 1.54) is 0 Å². The third-order valence-corrected chi connectivity index (χ3v) is 11.2. The summed E-state index contributed by atoms with van der Waals surface area (Å²) in [5.41, 5.74) is 8.34. The first-order chi connectivity index (χ1) is 17.0. The fourth-order valence-electron chi connectivity index (χ4n) is 3.61. The van der Waals surface area contributed by atoms with Gasteiger partial charge in [-0.1, -0.05) is 45.0 Å². The molecule has 190 valence electrons. The molecule has 0 aliphatic rings. The van der Waals surface area contributed by atoms with Crippen LogP contribution in [0.1, 0.15) is 49.7 Å². The highest BCUT2D eigenvalue weighted by Gasteiger charge is 2.39. The first kappa shape index (κ1) is 27.2. The predicted octanol–water partition coefficient (Wildman–Crippen LogP) is 5.77. The fourth-order valence-corrected chi connectivity index (χ4v) is 4.99. The van der Waals surface area contributed by atoms with Gasteiger partial charge >= 0.3 is 0 Å². The zero-order chi connectivity index (χ0) is 26.3. The number of hydrogen-bond acceptors (Lipinski definition) is 5. The van der Waals surface area contributed by atoms with Gasteiger partial charge in [0.25, 0.3) is 5.91 Å². The number of carbonyl (C=O) groups is 1. The topological polar surface area (TPSA) is 103 Å². The molecule has 7 nitrogen and oxygen atoms in total. The van der Waals surface area contributed by atoms with E-state index in [1.807, 2.05) is 53.1 Å². The first-order valence-corrected chi connectivity index (χ1v) is 15.1. The third-order valence-electron chi connectivity index (χ3n) is 6.69. The Bertz CT molecular complexity index is 1210. The van der Waals surface area contributed by atoms with Crippen LogP contribution in [0.3, 0.4) is 0 Å². The molecule has 0 saturated carbocycles. The van der Waals surface area contributed by atoms with Crippen LogP contribution in [0.25, 0.3) is 11.1 Å². The van der Waals surface area contributed by atoms with Crippen molar-refractivity contribution in [1.82, 2.24) is 9.55 Å². The van der Waals surface area contributed by atoms with Crippen molar-refractivity contribution in [3.05, 3.63) is 72.3 Å². The second kappa shape index (κ2) is 11.5. The van der Waals surface area contributed by atoms with Crippen molar-refractivity contribution >= 4 is 14.2 Å². The molecular weight excluding hydrogens is 468 g/mol. The molecule has 1 amide bonds. The number of nitriles is 1. The third kappa shape index (κ3) is 7.29. The van der Waals surface area contributed by atoms with Gasteiger partial charge in [0.1, 0.15) is 11.4 Å². The Hall–Kier alpha value is -3.41. The maximum absolute atomic E-state index is 11.4. The molecule has 3 aromatic rings. The summed E-state index contributed by atoms with van der Waals surface area (Å²) in [6, 6.07) is 17.6. The summed E-state index contributed by atoms with van der Waals surface area (Å²) in [7, 11) is -2.00. The second-order valence-corrected chi connectivity index (χ2v) is 15.3. The number of ether oxygens (including phenoxy) is 1. The molecule has 0 spiro atoms. The number of benzene rings is 2. The minimum atomic E-state index is -2.00. The van der Waals surface area contributed by atoms with Gasteiger partial charge in [-0.2, -0.15) is 5.26 Å². The molecule has 2 N–H and O–H groups in total. The zero-order valence-electron chi connectivity index (χ0n) is 21.8. The van der Waals surface area contributed by atoms with E-state index in [4.69, 9.17) is 20.2 Å². The van der Waals surface area contributed by atoms with E-state index in [0.29, 0.717) is 18.7 Å². The van der Waals surface area contributed by atoms with Crippen LogP contribution in [0.15, 0.2) is 61.1 Å². The molecule has 0 aliphatic carbocycles. The Morgan fingerprint density at radius 3 is 2.50 bits per heavy atom. The van der Waals surface area contributed by atoms with Gasteiger partial charge in [-0.05, 0) is 66.4 Å². The number of amides is 1. The molecule has 36 heavy (non-hydrogen) atoms. The van der Waals surface area contributed by atoms with E-state index >= 15 is 0 Å².